The Labute approximate surface area is 125 Å². The van der Waals surface area contributed by atoms with E-state index in [4.69, 9.17) is 4.74 Å². The summed E-state index contributed by atoms with van der Waals surface area (Å²) >= 11 is 0. The highest BCUT2D eigenvalue weighted by molar-refractivity contribution is 5.86. The van der Waals surface area contributed by atoms with Crippen molar-refractivity contribution in [2.24, 2.45) is 11.8 Å². The fraction of sp³-hybridized carbons (Fsp3) is 0.833. The van der Waals surface area contributed by atoms with E-state index in [0.717, 1.165) is 5.92 Å². The first-order valence-electron chi connectivity index (χ1n) is 8.46. The lowest BCUT2D eigenvalue weighted by molar-refractivity contribution is -0.140. The Hall–Kier alpha value is -0.790. The van der Waals surface area contributed by atoms with Crippen molar-refractivity contribution in [3.8, 4) is 0 Å². The molecule has 1 aliphatic rings. The molecule has 0 spiro atoms. The molecular weight excluding hydrogens is 248 g/mol. The van der Waals surface area contributed by atoms with E-state index in [2.05, 4.69) is 13.5 Å². The lowest BCUT2D eigenvalue weighted by atomic mass is 9.80. The van der Waals surface area contributed by atoms with Crippen LogP contribution in [0.1, 0.15) is 78.1 Å². The molecule has 1 saturated carbocycles. The Kier molecular flexibility index (Phi) is 8.64. The molecule has 0 aromatic rings. The molecule has 0 bridgehead atoms. The van der Waals surface area contributed by atoms with Gasteiger partial charge in [0.2, 0.25) is 0 Å². The minimum atomic E-state index is -0.233. The van der Waals surface area contributed by atoms with Gasteiger partial charge in [-0.2, -0.15) is 0 Å². The van der Waals surface area contributed by atoms with E-state index in [-0.39, 0.29) is 5.97 Å². The molecule has 1 fully saturated rings. The van der Waals surface area contributed by atoms with Gasteiger partial charge in [0.25, 0.3) is 0 Å². The summed E-state index contributed by atoms with van der Waals surface area (Å²) in [6.07, 6.45) is 13.4. The van der Waals surface area contributed by atoms with Gasteiger partial charge in [-0.1, -0.05) is 64.9 Å². The molecule has 0 unspecified atom stereocenters. The number of ether oxygens (including phenoxy) is 1. The van der Waals surface area contributed by atoms with Gasteiger partial charge in [-0.05, 0) is 31.6 Å². The summed E-state index contributed by atoms with van der Waals surface area (Å²) in [5.74, 6) is 1.27. The number of carbonyl (C=O) groups is 1. The minimum absolute atomic E-state index is 0.233. The Balaban J connectivity index is 2.05. The van der Waals surface area contributed by atoms with Gasteiger partial charge in [-0.15, -0.1) is 0 Å². The van der Waals surface area contributed by atoms with Crippen LogP contribution in [-0.2, 0) is 9.53 Å². The molecule has 0 aliphatic heterocycles. The second-order valence-electron chi connectivity index (χ2n) is 6.47. The van der Waals surface area contributed by atoms with Crippen molar-refractivity contribution < 1.29 is 9.53 Å². The molecule has 0 heterocycles. The summed E-state index contributed by atoms with van der Waals surface area (Å²) in [5.41, 5.74) is 0.505. The molecule has 1 aliphatic carbocycles. The lowest BCUT2D eigenvalue weighted by Crippen LogP contribution is -2.20. The third-order valence-electron chi connectivity index (χ3n) is 4.48. The first-order chi connectivity index (χ1) is 9.63. The first kappa shape index (κ1) is 17.3. The average Bonchev–Trinajstić information content (AvgIpc) is 2.45. The molecule has 0 saturated heterocycles. The van der Waals surface area contributed by atoms with E-state index < -0.39 is 0 Å². The van der Waals surface area contributed by atoms with Crippen molar-refractivity contribution in [1.82, 2.24) is 0 Å². The van der Waals surface area contributed by atoms with Crippen LogP contribution in [0.25, 0.3) is 0 Å². The molecule has 0 N–H and O–H groups in total. The highest BCUT2D eigenvalue weighted by Crippen LogP contribution is 2.32. The van der Waals surface area contributed by atoms with Crippen molar-refractivity contribution in [2.45, 2.75) is 78.1 Å². The maximum Gasteiger partial charge on any atom is 0.333 e. The van der Waals surface area contributed by atoms with Crippen LogP contribution < -0.4 is 0 Å². The molecule has 0 atom stereocenters. The molecular formula is C18H32O2. The Morgan fingerprint density at radius 2 is 1.65 bits per heavy atom. The van der Waals surface area contributed by atoms with Gasteiger partial charge in [0.05, 0.1) is 6.61 Å². The maximum absolute atomic E-state index is 11.4. The summed E-state index contributed by atoms with van der Waals surface area (Å²) < 4.78 is 5.27. The van der Waals surface area contributed by atoms with Crippen molar-refractivity contribution in [3.05, 3.63) is 12.2 Å². The Bertz CT molecular complexity index is 288. The van der Waals surface area contributed by atoms with Crippen LogP contribution in [0, 0.1) is 11.8 Å². The SMILES string of the molecule is C=C(C)C(=O)OCC1CCC(CCCCCCC)CC1. The van der Waals surface area contributed by atoms with Crippen LogP contribution in [0.4, 0.5) is 0 Å². The van der Waals surface area contributed by atoms with Gasteiger partial charge in [-0.25, -0.2) is 4.79 Å². The predicted octanol–water partition coefficient (Wildman–Crippen LogP) is 5.27. The molecule has 2 heteroatoms. The van der Waals surface area contributed by atoms with E-state index in [0.29, 0.717) is 18.1 Å². The van der Waals surface area contributed by atoms with E-state index in [1.54, 1.807) is 6.92 Å². The van der Waals surface area contributed by atoms with Crippen LogP contribution in [0.2, 0.25) is 0 Å². The Morgan fingerprint density at radius 1 is 1.05 bits per heavy atom. The summed E-state index contributed by atoms with van der Waals surface area (Å²) in [7, 11) is 0. The van der Waals surface area contributed by atoms with Gasteiger partial charge < -0.3 is 4.74 Å². The standard InChI is InChI=1S/C18H32O2/c1-4-5-6-7-8-9-16-10-12-17(13-11-16)14-20-18(19)15(2)3/h16-17H,2,4-14H2,1,3H3. The number of hydrogen-bond acceptors (Lipinski definition) is 2. The third-order valence-corrected chi connectivity index (χ3v) is 4.48. The number of rotatable bonds is 9. The van der Waals surface area contributed by atoms with Crippen molar-refractivity contribution in [3.63, 3.8) is 0 Å². The minimum Gasteiger partial charge on any atom is -0.462 e. The number of hydrogen-bond donors (Lipinski definition) is 0. The molecule has 0 amide bonds. The van der Waals surface area contributed by atoms with Crippen LogP contribution >= 0.6 is 0 Å². The molecule has 116 valence electrons. The average molecular weight is 280 g/mol. The van der Waals surface area contributed by atoms with E-state index in [1.807, 2.05) is 0 Å². The highest BCUT2D eigenvalue weighted by Gasteiger charge is 2.22. The molecule has 1 rings (SSSR count). The largest absolute Gasteiger partial charge is 0.462 e. The monoisotopic (exact) mass is 280 g/mol. The summed E-state index contributed by atoms with van der Waals surface area (Å²) in [6.45, 7) is 8.18. The van der Waals surface area contributed by atoms with Gasteiger partial charge >= 0.3 is 5.97 Å². The number of carbonyl (C=O) groups excluding carboxylic acids is 1. The second kappa shape index (κ2) is 10.0. The smallest absolute Gasteiger partial charge is 0.333 e. The van der Waals surface area contributed by atoms with Gasteiger partial charge in [0.15, 0.2) is 0 Å². The third kappa shape index (κ3) is 7.12. The lowest BCUT2D eigenvalue weighted by Gasteiger charge is -2.28. The van der Waals surface area contributed by atoms with Gasteiger partial charge in [0, 0.05) is 5.57 Å². The highest BCUT2D eigenvalue weighted by atomic mass is 16.5. The van der Waals surface area contributed by atoms with Gasteiger partial charge in [-0.3, -0.25) is 0 Å². The normalized spacial score (nSPS) is 22.5. The zero-order chi connectivity index (χ0) is 14.8. The molecule has 20 heavy (non-hydrogen) atoms. The molecule has 0 aromatic heterocycles. The topological polar surface area (TPSA) is 26.3 Å². The van der Waals surface area contributed by atoms with Crippen LogP contribution in [0.5, 0.6) is 0 Å². The van der Waals surface area contributed by atoms with Crippen molar-refractivity contribution >= 4 is 5.97 Å². The van der Waals surface area contributed by atoms with Gasteiger partial charge in [0.1, 0.15) is 0 Å². The Morgan fingerprint density at radius 3 is 2.25 bits per heavy atom. The van der Waals surface area contributed by atoms with Crippen molar-refractivity contribution in [1.29, 1.82) is 0 Å². The summed E-state index contributed by atoms with van der Waals surface area (Å²) in [6, 6.07) is 0. The molecule has 0 radical (unpaired) electrons. The first-order valence-corrected chi connectivity index (χ1v) is 8.46. The fourth-order valence-corrected chi connectivity index (χ4v) is 3.04. The van der Waals surface area contributed by atoms with E-state index >= 15 is 0 Å². The van der Waals surface area contributed by atoms with E-state index in [9.17, 15) is 4.79 Å². The predicted molar refractivity (Wildman–Crippen MR) is 84.6 cm³/mol. The molecule has 0 aromatic carbocycles. The zero-order valence-corrected chi connectivity index (χ0v) is 13.5. The number of esters is 1. The van der Waals surface area contributed by atoms with Crippen LogP contribution in [-0.4, -0.2) is 12.6 Å². The fourth-order valence-electron chi connectivity index (χ4n) is 3.04. The second-order valence-corrected chi connectivity index (χ2v) is 6.47. The quantitative estimate of drug-likeness (QED) is 0.326. The number of unbranched alkanes of at least 4 members (excludes halogenated alkanes) is 4. The van der Waals surface area contributed by atoms with Crippen LogP contribution in [0.15, 0.2) is 12.2 Å². The maximum atomic E-state index is 11.4. The van der Waals surface area contributed by atoms with Crippen molar-refractivity contribution in [2.75, 3.05) is 6.61 Å². The zero-order valence-electron chi connectivity index (χ0n) is 13.5. The summed E-state index contributed by atoms with van der Waals surface area (Å²) in [5, 5.41) is 0. The molecule has 2 nitrogen and oxygen atoms in total. The van der Waals surface area contributed by atoms with E-state index in [1.165, 1.54) is 64.2 Å². The summed E-state index contributed by atoms with van der Waals surface area (Å²) in [4.78, 5) is 11.4. The van der Waals surface area contributed by atoms with Crippen LogP contribution in [0.3, 0.4) is 0 Å².